The number of carbonyl (C=O) groups excluding carboxylic acids is 1. The largest absolute Gasteiger partial charge is 0.488 e. The van der Waals surface area contributed by atoms with Crippen molar-refractivity contribution < 1.29 is 28.9 Å². The van der Waals surface area contributed by atoms with Crippen LogP contribution in [0.5, 0.6) is 11.5 Å². The van der Waals surface area contributed by atoms with Crippen molar-refractivity contribution in [2.45, 2.75) is 39.1 Å². The van der Waals surface area contributed by atoms with Gasteiger partial charge in [0.25, 0.3) is 0 Å². The number of hydrogen-bond donors (Lipinski definition) is 1. The summed E-state index contributed by atoms with van der Waals surface area (Å²) in [5, 5.41) is 9.67. The van der Waals surface area contributed by atoms with E-state index in [1.165, 1.54) is 6.07 Å². The molecule has 4 rings (SSSR count). The standard InChI is InChI=1S/C28H29NO6/c1-28(2,3)35-27(32)29-16-23(17-29)34-22-14-20(13-21(15-22)26(30)31)24-11-7-8-12-25(24)33-18-19-9-5-4-6-10-19/h4-15,23H,16-18H2,1-3H3,(H,30,31). The molecular weight excluding hydrogens is 446 g/mol. The molecule has 1 fully saturated rings. The lowest BCUT2D eigenvalue weighted by Crippen LogP contribution is -2.57. The number of carboxylic acid groups (broad SMARTS) is 1. The fourth-order valence-electron chi connectivity index (χ4n) is 3.69. The van der Waals surface area contributed by atoms with E-state index in [0.29, 0.717) is 36.8 Å². The number of likely N-dealkylation sites (tertiary alicyclic amines) is 1. The van der Waals surface area contributed by atoms with Crippen molar-refractivity contribution in [2.75, 3.05) is 13.1 Å². The number of hydrogen-bond acceptors (Lipinski definition) is 5. The highest BCUT2D eigenvalue weighted by Crippen LogP contribution is 2.34. The summed E-state index contributed by atoms with van der Waals surface area (Å²) in [6.07, 6.45) is -0.634. The molecule has 1 heterocycles. The minimum absolute atomic E-state index is 0.110. The zero-order valence-corrected chi connectivity index (χ0v) is 20.1. The summed E-state index contributed by atoms with van der Waals surface area (Å²) < 4.78 is 17.5. The maximum atomic E-state index is 12.2. The van der Waals surface area contributed by atoms with Crippen LogP contribution in [0.1, 0.15) is 36.7 Å². The fraction of sp³-hybridized carbons (Fsp3) is 0.286. The van der Waals surface area contributed by atoms with Crippen LogP contribution in [-0.2, 0) is 11.3 Å². The molecule has 7 nitrogen and oxygen atoms in total. The van der Waals surface area contributed by atoms with Crippen molar-refractivity contribution in [3.8, 4) is 22.6 Å². The van der Waals surface area contributed by atoms with Gasteiger partial charge < -0.3 is 24.2 Å². The lowest BCUT2D eigenvalue weighted by Gasteiger charge is -2.39. The number of aromatic carboxylic acids is 1. The molecule has 1 aliphatic rings. The highest BCUT2D eigenvalue weighted by atomic mass is 16.6. The Morgan fingerprint density at radius 3 is 2.34 bits per heavy atom. The molecule has 1 saturated heterocycles. The summed E-state index contributed by atoms with van der Waals surface area (Å²) in [4.78, 5) is 25.6. The van der Waals surface area contributed by atoms with E-state index in [0.717, 1.165) is 11.1 Å². The first-order chi connectivity index (χ1) is 16.7. The van der Waals surface area contributed by atoms with Crippen molar-refractivity contribution in [1.82, 2.24) is 4.90 Å². The molecule has 35 heavy (non-hydrogen) atoms. The van der Waals surface area contributed by atoms with Crippen molar-refractivity contribution in [2.24, 2.45) is 0 Å². The van der Waals surface area contributed by atoms with Gasteiger partial charge in [-0.15, -0.1) is 0 Å². The number of nitrogens with zero attached hydrogens (tertiary/aromatic N) is 1. The highest BCUT2D eigenvalue weighted by molar-refractivity contribution is 5.90. The third-order valence-electron chi connectivity index (χ3n) is 5.39. The zero-order valence-electron chi connectivity index (χ0n) is 20.1. The van der Waals surface area contributed by atoms with E-state index in [1.54, 1.807) is 17.0 Å². The Kier molecular flexibility index (Phi) is 6.96. The van der Waals surface area contributed by atoms with Crippen molar-refractivity contribution in [1.29, 1.82) is 0 Å². The smallest absolute Gasteiger partial charge is 0.410 e. The average Bonchev–Trinajstić information content (AvgIpc) is 2.79. The van der Waals surface area contributed by atoms with Crippen LogP contribution >= 0.6 is 0 Å². The second kappa shape index (κ2) is 10.1. The van der Waals surface area contributed by atoms with Crippen molar-refractivity contribution in [3.05, 3.63) is 83.9 Å². The molecule has 0 radical (unpaired) electrons. The van der Waals surface area contributed by atoms with Crippen LogP contribution in [0.25, 0.3) is 11.1 Å². The van der Waals surface area contributed by atoms with Crippen LogP contribution in [0.4, 0.5) is 4.79 Å². The Hall–Kier alpha value is -4.00. The third kappa shape index (κ3) is 6.32. The van der Waals surface area contributed by atoms with Gasteiger partial charge in [0.1, 0.15) is 29.8 Å². The van der Waals surface area contributed by atoms with E-state index in [9.17, 15) is 14.7 Å². The Morgan fingerprint density at radius 2 is 1.66 bits per heavy atom. The summed E-state index contributed by atoms with van der Waals surface area (Å²) in [6.45, 7) is 6.59. The molecule has 0 aromatic heterocycles. The number of rotatable bonds is 7. The molecule has 3 aromatic carbocycles. The summed E-state index contributed by atoms with van der Waals surface area (Å²) in [6, 6.07) is 22.2. The monoisotopic (exact) mass is 475 g/mol. The van der Waals surface area contributed by atoms with Gasteiger partial charge in [-0.2, -0.15) is 0 Å². The summed E-state index contributed by atoms with van der Waals surface area (Å²) in [5.74, 6) is 0.0135. The first-order valence-electron chi connectivity index (χ1n) is 11.5. The Morgan fingerprint density at radius 1 is 0.971 bits per heavy atom. The molecule has 1 N–H and O–H groups in total. The number of carboxylic acids is 1. The maximum Gasteiger partial charge on any atom is 0.410 e. The van der Waals surface area contributed by atoms with Gasteiger partial charge in [0.15, 0.2) is 0 Å². The zero-order chi connectivity index (χ0) is 25.0. The fourth-order valence-corrected chi connectivity index (χ4v) is 3.69. The van der Waals surface area contributed by atoms with Crippen LogP contribution in [0, 0.1) is 0 Å². The molecule has 0 unspecified atom stereocenters. The maximum absolute atomic E-state index is 12.2. The summed E-state index contributed by atoms with van der Waals surface area (Å²) >= 11 is 0. The number of benzene rings is 3. The third-order valence-corrected chi connectivity index (χ3v) is 5.39. The average molecular weight is 476 g/mol. The van der Waals surface area contributed by atoms with Gasteiger partial charge >= 0.3 is 12.1 Å². The second-order valence-corrected chi connectivity index (χ2v) is 9.45. The quantitative estimate of drug-likeness (QED) is 0.477. The van der Waals surface area contributed by atoms with E-state index in [4.69, 9.17) is 14.2 Å². The Balaban J connectivity index is 1.51. The molecule has 0 spiro atoms. The second-order valence-electron chi connectivity index (χ2n) is 9.45. The molecular formula is C28H29NO6. The van der Waals surface area contributed by atoms with Crippen molar-refractivity contribution in [3.63, 3.8) is 0 Å². The van der Waals surface area contributed by atoms with E-state index in [2.05, 4.69) is 0 Å². The molecule has 182 valence electrons. The van der Waals surface area contributed by atoms with Gasteiger partial charge in [0.05, 0.1) is 18.7 Å². The highest BCUT2D eigenvalue weighted by Gasteiger charge is 2.35. The van der Waals surface area contributed by atoms with E-state index >= 15 is 0 Å². The van der Waals surface area contributed by atoms with Gasteiger partial charge in [-0.3, -0.25) is 0 Å². The number of amides is 1. The van der Waals surface area contributed by atoms with Crippen LogP contribution in [0.15, 0.2) is 72.8 Å². The molecule has 0 aliphatic carbocycles. The SMILES string of the molecule is CC(C)(C)OC(=O)N1CC(Oc2cc(C(=O)O)cc(-c3ccccc3OCc3ccccc3)c2)C1. The van der Waals surface area contributed by atoms with Crippen LogP contribution in [0.3, 0.4) is 0 Å². The van der Waals surface area contributed by atoms with Gasteiger partial charge in [-0.25, -0.2) is 9.59 Å². The van der Waals surface area contributed by atoms with Gasteiger partial charge in [0, 0.05) is 5.56 Å². The molecule has 1 aliphatic heterocycles. The first-order valence-corrected chi connectivity index (χ1v) is 11.5. The number of carbonyl (C=O) groups is 2. The van der Waals surface area contributed by atoms with Crippen LogP contribution in [0.2, 0.25) is 0 Å². The molecule has 0 atom stereocenters. The minimum atomic E-state index is -1.05. The molecule has 1 amide bonds. The van der Waals surface area contributed by atoms with E-state index in [-0.39, 0.29) is 17.8 Å². The van der Waals surface area contributed by atoms with E-state index < -0.39 is 11.6 Å². The molecule has 0 bridgehead atoms. The topological polar surface area (TPSA) is 85.3 Å². The molecule has 7 heteroatoms. The van der Waals surface area contributed by atoms with Crippen LogP contribution in [-0.4, -0.2) is 46.9 Å². The lowest BCUT2D eigenvalue weighted by molar-refractivity contribution is -0.0221. The minimum Gasteiger partial charge on any atom is -0.488 e. The molecule has 3 aromatic rings. The Labute approximate surface area is 204 Å². The predicted octanol–water partition coefficient (Wildman–Crippen LogP) is 5.63. The van der Waals surface area contributed by atoms with Crippen molar-refractivity contribution >= 4 is 12.1 Å². The van der Waals surface area contributed by atoms with Gasteiger partial charge in [0.2, 0.25) is 0 Å². The van der Waals surface area contributed by atoms with Crippen LogP contribution < -0.4 is 9.47 Å². The van der Waals surface area contributed by atoms with Gasteiger partial charge in [-0.05, 0) is 56.2 Å². The Bertz CT molecular complexity index is 1200. The summed E-state index contributed by atoms with van der Waals surface area (Å²) in [7, 11) is 0. The summed E-state index contributed by atoms with van der Waals surface area (Å²) in [5.41, 5.74) is 2.01. The number of para-hydroxylation sites is 1. The molecule has 0 saturated carbocycles. The van der Waals surface area contributed by atoms with Gasteiger partial charge in [-0.1, -0.05) is 48.5 Å². The first kappa shape index (κ1) is 24.1. The number of ether oxygens (including phenoxy) is 3. The van der Waals surface area contributed by atoms with E-state index in [1.807, 2.05) is 75.4 Å². The lowest BCUT2D eigenvalue weighted by atomic mass is 10.0. The normalized spacial score (nSPS) is 13.6. The predicted molar refractivity (Wildman–Crippen MR) is 132 cm³/mol.